The standard InChI is InChI=1S/C9H7ClN2O2/c1-4-2-7-6(8(10)12-11-7)3-5(4)9(13)14/h2-3H,1H3,(H,11,12)(H,13,14). The number of rotatable bonds is 1. The minimum absolute atomic E-state index is 0.251. The minimum Gasteiger partial charge on any atom is -0.478 e. The number of halogens is 1. The normalized spacial score (nSPS) is 10.7. The molecule has 0 bridgehead atoms. The van der Waals surface area contributed by atoms with Gasteiger partial charge in [-0.15, -0.1) is 0 Å². The molecule has 0 aliphatic rings. The molecule has 1 aromatic heterocycles. The summed E-state index contributed by atoms with van der Waals surface area (Å²) in [5, 5.41) is 16.4. The number of benzene rings is 1. The predicted octanol–water partition coefficient (Wildman–Crippen LogP) is 2.22. The van der Waals surface area contributed by atoms with Crippen molar-refractivity contribution < 1.29 is 9.90 Å². The lowest BCUT2D eigenvalue weighted by Crippen LogP contribution is -1.98. The van der Waals surface area contributed by atoms with E-state index in [0.29, 0.717) is 21.6 Å². The van der Waals surface area contributed by atoms with Crippen LogP contribution < -0.4 is 0 Å². The van der Waals surface area contributed by atoms with E-state index in [-0.39, 0.29) is 5.56 Å². The third-order valence-electron chi connectivity index (χ3n) is 2.08. The lowest BCUT2D eigenvalue weighted by Gasteiger charge is -1.99. The van der Waals surface area contributed by atoms with E-state index in [4.69, 9.17) is 16.7 Å². The van der Waals surface area contributed by atoms with E-state index in [1.807, 2.05) is 0 Å². The summed E-state index contributed by atoms with van der Waals surface area (Å²) in [5.41, 5.74) is 1.60. The molecule has 0 amide bonds. The lowest BCUT2D eigenvalue weighted by atomic mass is 10.1. The molecule has 0 saturated carbocycles. The first kappa shape index (κ1) is 9.02. The smallest absolute Gasteiger partial charge is 0.335 e. The zero-order valence-electron chi connectivity index (χ0n) is 7.34. The summed E-state index contributed by atoms with van der Waals surface area (Å²) in [6.45, 7) is 1.73. The van der Waals surface area contributed by atoms with Crippen molar-refractivity contribution in [1.82, 2.24) is 10.2 Å². The Kier molecular flexibility index (Phi) is 1.93. The number of fused-ring (bicyclic) bond motifs is 1. The number of carboxylic acid groups (broad SMARTS) is 1. The SMILES string of the molecule is Cc1cc2n[nH]c(Cl)c2cc1C(=O)O. The molecular formula is C9H7ClN2O2. The molecule has 2 rings (SSSR count). The van der Waals surface area contributed by atoms with E-state index in [1.165, 1.54) is 6.07 Å². The van der Waals surface area contributed by atoms with Crippen LogP contribution in [0.2, 0.25) is 5.15 Å². The molecule has 4 nitrogen and oxygen atoms in total. The number of hydrogen-bond acceptors (Lipinski definition) is 2. The molecule has 2 aromatic rings. The van der Waals surface area contributed by atoms with E-state index in [2.05, 4.69) is 10.2 Å². The summed E-state index contributed by atoms with van der Waals surface area (Å²) in [7, 11) is 0. The second-order valence-corrected chi connectivity index (χ2v) is 3.40. The van der Waals surface area contributed by atoms with Gasteiger partial charge in [0, 0.05) is 5.39 Å². The molecule has 0 fully saturated rings. The maximum absolute atomic E-state index is 10.8. The van der Waals surface area contributed by atoms with Crippen LogP contribution in [0, 0.1) is 6.92 Å². The summed E-state index contributed by atoms with van der Waals surface area (Å²) in [6, 6.07) is 3.22. The van der Waals surface area contributed by atoms with E-state index < -0.39 is 5.97 Å². The van der Waals surface area contributed by atoms with Crippen LogP contribution in [0.25, 0.3) is 10.9 Å². The average molecular weight is 211 g/mol. The number of aryl methyl sites for hydroxylation is 1. The fourth-order valence-electron chi connectivity index (χ4n) is 1.36. The number of hydrogen-bond donors (Lipinski definition) is 2. The summed E-state index contributed by atoms with van der Waals surface area (Å²) in [4.78, 5) is 10.8. The van der Waals surface area contributed by atoms with E-state index in [9.17, 15) is 4.79 Å². The fraction of sp³-hybridized carbons (Fsp3) is 0.111. The highest BCUT2D eigenvalue weighted by atomic mass is 35.5. The highest BCUT2D eigenvalue weighted by Gasteiger charge is 2.11. The van der Waals surface area contributed by atoms with Crippen LogP contribution >= 0.6 is 11.6 Å². The van der Waals surface area contributed by atoms with E-state index in [0.717, 1.165) is 0 Å². The Morgan fingerprint density at radius 3 is 2.93 bits per heavy atom. The van der Waals surface area contributed by atoms with Crippen molar-refractivity contribution in [2.75, 3.05) is 0 Å². The van der Waals surface area contributed by atoms with Crippen molar-refractivity contribution in [1.29, 1.82) is 0 Å². The van der Waals surface area contributed by atoms with Gasteiger partial charge in [-0.05, 0) is 24.6 Å². The monoisotopic (exact) mass is 210 g/mol. The number of carbonyl (C=O) groups is 1. The number of nitrogens with zero attached hydrogens (tertiary/aromatic N) is 1. The highest BCUT2D eigenvalue weighted by Crippen LogP contribution is 2.23. The van der Waals surface area contributed by atoms with Crippen molar-refractivity contribution >= 4 is 28.5 Å². The Hall–Kier alpha value is -1.55. The molecule has 0 aliphatic carbocycles. The molecule has 0 radical (unpaired) electrons. The first-order valence-corrected chi connectivity index (χ1v) is 4.35. The zero-order valence-corrected chi connectivity index (χ0v) is 8.09. The van der Waals surface area contributed by atoms with Gasteiger partial charge in [-0.3, -0.25) is 5.10 Å². The van der Waals surface area contributed by atoms with Gasteiger partial charge in [-0.2, -0.15) is 5.10 Å². The lowest BCUT2D eigenvalue weighted by molar-refractivity contribution is 0.0696. The Balaban J connectivity index is 2.80. The predicted molar refractivity (Wildman–Crippen MR) is 52.8 cm³/mol. The summed E-state index contributed by atoms with van der Waals surface area (Å²) in [6.07, 6.45) is 0. The third-order valence-corrected chi connectivity index (χ3v) is 2.37. The van der Waals surface area contributed by atoms with Crippen molar-refractivity contribution in [3.05, 3.63) is 28.4 Å². The average Bonchev–Trinajstić information content (AvgIpc) is 2.46. The van der Waals surface area contributed by atoms with Gasteiger partial charge in [-0.25, -0.2) is 4.79 Å². The van der Waals surface area contributed by atoms with Crippen molar-refractivity contribution in [3.8, 4) is 0 Å². The Morgan fingerprint density at radius 2 is 2.29 bits per heavy atom. The Bertz CT molecular complexity index is 519. The Labute approximate surface area is 84.5 Å². The fourth-order valence-corrected chi connectivity index (χ4v) is 1.55. The summed E-state index contributed by atoms with van der Waals surface area (Å²) < 4.78 is 0. The van der Waals surface area contributed by atoms with Crippen LogP contribution in [0.15, 0.2) is 12.1 Å². The molecular weight excluding hydrogens is 204 g/mol. The number of aromatic amines is 1. The highest BCUT2D eigenvalue weighted by molar-refractivity contribution is 6.34. The topological polar surface area (TPSA) is 66.0 Å². The third kappa shape index (κ3) is 1.24. The number of H-pyrrole nitrogens is 1. The van der Waals surface area contributed by atoms with Gasteiger partial charge in [0.05, 0.1) is 11.1 Å². The van der Waals surface area contributed by atoms with Crippen LogP contribution in [-0.2, 0) is 0 Å². The molecule has 1 heterocycles. The second kappa shape index (κ2) is 2.99. The van der Waals surface area contributed by atoms with E-state index >= 15 is 0 Å². The van der Waals surface area contributed by atoms with Crippen LogP contribution in [0.3, 0.4) is 0 Å². The molecule has 0 aliphatic heterocycles. The maximum atomic E-state index is 10.8. The van der Waals surface area contributed by atoms with Gasteiger partial charge in [0.15, 0.2) is 0 Å². The van der Waals surface area contributed by atoms with Crippen molar-refractivity contribution in [2.45, 2.75) is 6.92 Å². The Morgan fingerprint density at radius 1 is 1.57 bits per heavy atom. The largest absolute Gasteiger partial charge is 0.478 e. The first-order chi connectivity index (χ1) is 6.59. The van der Waals surface area contributed by atoms with Gasteiger partial charge in [0.25, 0.3) is 0 Å². The maximum Gasteiger partial charge on any atom is 0.335 e. The molecule has 1 aromatic carbocycles. The molecule has 0 atom stereocenters. The number of aromatic nitrogens is 2. The number of aromatic carboxylic acids is 1. The minimum atomic E-state index is -0.957. The molecule has 72 valence electrons. The number of carboxylic acids is 1. The van der Waals surface area contributed by atoms with Crippen molar-refractivity contribution in [2.24, 2.45) is 0 Å². The van der Waals surface area contributed by atoms with Crippen LogP contribution in [0.1, 0.15) is 15.9 Å². The number of nitrogens with one attached hydrogen (secondary N) is 1. The molecule has 2 N–H and O–H groups in total. The first-order valence-electron chi connectivity index (χ1n) is 3.97. The van der Waals surface area contributed by atoms with Gasteiger partial charge in [0.2, 0.25) is 0 Å². The van der Waals surface area contributed by atoms with Gasteiger partial charge < -0.3 is 5.11 Å². The molecule has 0 saturated heterocycles. The van der Waals surface area contributed by atoms with Crippen LogP contribution in [0.4, 0.5) is 0 Å². The molecule has 0 spiro atoms. The van der Waals surface area contributed by atoms with Crippen molar-refractivity contribution in [3.63, 3.8) is 0 Å². The van der Waals surface area contributed by atoms with Gasteiger partial charge >= 0.3 is 5.97 Å². The van der Waals surface area contributed by atoms with Crippen LogP contribution in [-0.4, -0.2) is 21.3 Å². The molecule has 5 heteroatoms. The van der Waals surface area contributed by atoms with E-state index in [1.54, 1.807) is 13.0 Å². The molecule has 14 heavy (non-hydrogen) atoms. The van der Waals surface area contributed by atoms with Crippen LogP contribution in [0.5, 0.6) is 0 Å². The second-order valence-electron chi connectivity index (χ2n) is 3.03. The summed E-state index contributed by atoms with van der Waals surface area (Å²) in [5.74, 6) is -0.957. The van der Waals surface area contributed by atoms with Gasteiger partial charge in [-0.1, -0.05) is 11.6 Å². The summed E-state index contributed by atoms with van der Waals surface area (Å²) >= 11 is 5.79. The zero-order chi connectivity index (χ0) is 10.3. The molecule has 0 unspecified atom stereocenters. The van der Waals surface area contributed by atoms with Gasteiger partial charge in [0.1, 0.15) is 5.15 Å². The quantitative estimate of drug-likeness (QED) is 0.759.